The maximum Gasteiger partial charge on any atom is 0.326 e. The van der Waals surface area contributed by atoms with Gasteiger partial charge in [0.15, 0.2) is 6.23 Å². The summed E-state index contributed by atoms with van der Waals surface area (Å²) in [6, 6.07) is 24.0. The quantitative estimate of drug-likeness (QED) is 0.340. The van der Waals surface area contributed by atoms with Gasteiger partial charge in [-0.05, 0) is 41.0 Å². The minimum Gasteiger partial charge on any atom is -0.497 e. The van der Waals surface area contributed by atoms with Crippen molar-refractivity contribution < 1.29 is 38.7 Å². The maximum absolute atomic E-state index is 12.5. The van der Waals surface area contributed by atoms with Crippen LogP contribution in [0.25, 0.3) is 0 Å². The number of urea groups is 1. The fourth-order valence-electron chi connectivity index (χ4n) is 5.39. The van der Waals surface area contributed by atoms with Gasteiger partial charge in [-0.25, -0.2) is 4.79 Å². The Labute approximate surface area is 238 Å². The van der Waals surface area contributed by atoms with E-state index in [2.05, 4.69) is 5.32 Å². The summed E-state index contributed by atoms with van der Waals surface area (Å²) in [5.41, 5.74) is 1.25. The fourth-order valence-corrected chi connectivity index (χ4v) is 5.39. The highest BCUT2D eigenvalue weighted by atomic mass is 16.6. The lowest BCUT2D eigenvalue weighted by Crippen LogP contribution is -2.59. The number of nitrogens with one attached hydrogen (secondary N) is 1. The van der Waals surface area contributed by atoms with E-state index in [0.29, 0.717) is 11.5 Å². The number of carbonyl (C=O) groups is 2. The van der Waals surface area contributed by atoms with Crippen LogP contribution in [0, 0.1) is 5.92 Å². The summed E-state index contributed by atoms with van der Waals surface area (Å²) in [5.74, 6) is 0.467. The molecule has 3 amide bonds. The number of rotatable bonds is 9. The average molecular weight is 563 g/mol. The van der Waals surface area contributed by atoms with E-state index in [4.69, 9.17) is 18.9 Å². The van der Waals surface area contributed by atoms with Crippen LogP contribution in [0.5, 0.6) is 11.5 Å². The third-order valence-electron chi connectivity index (χ3n) is 7.69. The van der Waals surface area contributed by atoms with Gasteiger partial charge in [-0.1, -0.05) is 61.5 Å². The molecule has 0 spiro atoms. The molecule has 2 fully saturated rings. The number of imide groups is 1. The van der Waals surface area contributed by atoms with Crippen LogP contribution in [-0.2, 0) is 19.9 Å². The fraction of sp³-hybridized carbons (Fsp3) is 0.355. The zero-order valence-corrected chi connectivity index (χ0v) is 23.1. The molecule has 0 aromatic heterocycles. The van der Waals surface area contributed by atoms with Crippen LogP contribution in [0.4, 0.5) is 4.79 Å². The first-order valence-corrected chi connectivity index (χ1v) is 13.4. The lowest BCUT2D eigenvalue weighted by Gasteiger charge is -2.37. The molecule has 0 aliphatic carbocycles. The van der Waals surface area contributed by atoms with Gasteiger partial charge in [-0.3, -0.25) is 15.0 Å². The van der Waals surface area contributed by atoms with E-state index in [0.717, 1.165) is 16.7 Å². The molecule has 0 bridgehead atoms. The second-order valence-electron chi connectivity index (χ2n) is 10.2. The number of methoxy groups -OCH3 is 2. The topological polar surface area (TPSA) is 127 Å². The first kappa shape index (κ1) is 28.6. The van der Waals surface area contributed by atoms with E-state index in [9.17, 15) is 19.8 Å². The van der Waals surface area contributed by atoms with E-state index in [1.807, 2.05) is 78.9 Å². The van der Waals surface area contributed by atoms with Crippen molar-refractivity contribution in [2.24, 2.45) is 5.92 Å². The summed E-state index contributed by atoms with van der Waals surface area (Å²) >= 11 is 0. The predicted molar refractivity (Wildman–Crippen MR) is 148 cm³/mol. The number of aliphatic hydroxyl groups is 2. The van der Waals surface area contributed by atoms with Crippen LogP contribution >= 0.6 is 0 Å². The monoisotopic (exact) mass is 562 g/mol. The third kappa shape index (κ3) is 5.39. The van der Waals surface area contributed by atoms with E-state index < -0.39 is 48.0 Å². The van der Waals surface area contributed by atoms with Crippen LogP contribution in [-0.4, -0.2) is 79.0 Å². The molecule has 2 saturated heterocycles. The van der Waals surface area contributed by atoms with E-state index in [-0.39, 0.29) is 13.2 Å². The molecule has 2 aliphatic heterocycles. The highest BCUT2D eigenvalue weighted by Gasteiger charge is 2.50. The molecule has 5 atom stereocenters. The largest absolute Gasteiger partial charge is 0.497 e. The number of benzene rings is 3. The Morgan fingerprint density at radius 2 is 1.39 bits per heavy atom. The SMILES string of the molecule is COc1ccc(C(OC[C@H]2O[C@@H](N3CC(C)C(=O)NC3=O)[C@H](O)[C@@H]2O)(c2ccccc2)c2ccc(OC)cc2)cc1. The minimum absolute atomic E-state index is 0.0539. The van der Waals surface area contributed by atoms with Crippen molar-refractivity contribution in [1.82, 2.24) is 10.2 Å². The van der Waals surface area contributed by atoms with Gasteiger partial charge in [0.05, 0.1) is 26.7 Å². The molecule has 5 rings (SSSR count). The number of aliphatic hydroxyl groups excluding tert-OH is 2. The Kier molecular flexibility index (Phi) is 8.27. The molecule has 3 N–H and O–H groups in total. The Balaban J connectivity index is 1.51. The number of amides is 3. The Morgan fingerprint density at radius 3 is 1.93 bits per heavy atom. The van der Waals surface area contributed by atoms with Crippen LogP contribution in [0.2, 0.25) is 0 Å². The highest BCUT2D eigenvalue weighted by molar-refractivity contribution is 5.97. The Hall–Kier alpha value is -3.96. The van der Waals surface area contributed by atoms with E-state index in [1.54, 1.807) is 21.1 Å². The summed E-state index contributed by atoms with van der Waals surface area (Å²) in [6.45, 7) is 1.59. The molecule has 41 heavy (non-hydrogen) atoms. The predicted octanol–water partition coefficient (Wildman–Crippen LogP) is 2.65. The van der Waals surface area contributed by atoms with Gasteiger partial charge in [0.25, 0.3) is 0 Å². The van der Waals surface area contributed by atoms with Gasteiger partial charge in [0.2, 0.25) is 5.91 Å². The minimum atomic E-state index is -1.40. The second-order valence-corrected chi connectivity index (χ2v) is 10.2. The average Bonchev–Trinajstić information content (AvgIpc) is 3.29. The molecule has 0 radical (unpaired) electrons. The molecule has 0 saturated carbocycles. The van der Waals surface area contributed by atoms with Gasteiger partial charge in [0.1, 0.15) is 35.4 Å². The molecule has 10 heteroatoms. The highest BCUT2D eigenvalue weighted by Crippen LogP contribution is 2.42. The second kappa shape index (κ2) is 11.9. The number of hydrogen-bond acceptors (Lipinski definition) is 8. The molecule has 10 nitrogen and oxygen atoms in total. The molecule has 2 heterocycles. The Bertz CT molecular complexity index is 1300. The molecule has 216 valence electrons. The number of carbonyl (C=O) groups excluding carboxylic acids is 2. The molecular formula is C31H34N2O8. The first-order chi connectivity index (χ1) is 19.8. The zero-order chi connectivity index (χ0) is 29.1. The zero-order valence-electron chi connectivity index (χ0n) is 23.1. The molecular weight excluding hydrogens is 528 g/mol. The molecule has 3 aromatic carbocycles. The van der Waals surface area contributed by atoms with Gasteiger partial charge in [0, 0.05) is 6.54 Å². The first-order valence-electron chi connectivity index (χ1n) is 13.4. The lowest BCUT2D eigenvalue weighted by molar-refractivity contribution is -0.132. The summed E-state index contributed by atoms with van der Waals surface area (Å²) in [7, 11) is 3.19. The lowest BCUT2D eigenvalue weighted by atomic mass is 9.80. The maximum atomic E-state index is 12.5. The van der Waals surface area contributed by atoms with Gasteiger partial charge in [-0.15, -0.1) is 0 Å². The third-order valence-corrected chi connectivity index (χ3v) is 7.69. The van der Waals surface area contributed by atoms with Crippen molar-refractivity contribution in [3.05, 3.63) is 95.6 Å². The van der Waals surface area contributed by atoms with Crippen molar-refractivity contribution in [2.45, 2.75) is 37.1 Å². The summed E-state index contributed by atoms with van der Waals surface area (Å²) in [4.78, 5) is 25.7. The molecule has 1 unspecified atom stereocenters. The van der Waals surface area contributed by atoms with Crippen molar-refractivity contribution in [1.29, 1.82) is 0 Å². The van der Waals surface area contributed by atoms with E-state index in [1.165, 1.54) is 4.90 Å². The van der Waals surface area contributed by atoms with Crippen molar-refractivity contribution in [3.8, 4) is 11.5 Å². The van der Waals surface area contributed by atoms with E-state index >= 15 is 0 Å². The van der Waals surface area contributed by atoms with Crippen molar-refractivity contribution in [2.75, 3.05) is 27.4 Å². The summed E-state index contributed by atoms with van der Waals surface area (Å²) < 4.78 is 23.6. The van der Waals surface area contributed by atoms with Crippen LogP contribution < -0.4 is 14.8 Å². The summed E-state index contributed by atoms with van der Waals surface area (Å²) in [5, 5.41) is 24.1. The van der Waals surface area contributed by atoms with Gasteiger partial charge >= 0.3 is 6.03 Å². The number of nitrogens with zero attached hydrogens (tertiary/aromatic N) is 1. The standard InChI is InChI=1S/C31H34N2O8/c1-19-17-33(30(37)32-28(19)36)29-27(35)26(34)25(41-29)18-40-31(20-7-5-4-6-8-20,21-9-13-23(38-2)14-10-21)22-11-15-24(39-3)16-12-22/h4-16,19,25-27,29,34-35H,17-18H2,1-3H3,(H,32,36,37)/t19?,25-,26-,27-,29-/m1/s1. The number of hydrogen-bond donors (Lipinski definition) is 3. The van der Waals surface area contributed by atoms with Crippen LogP contribution in [0.15, 0.2) is 78.9 Å². The molecule has 2 aliphatic rings. The normalized spacial score (nSPS) is 24.7. The van der Waals surface area contributed by atoms with Crippen molar-refractivity contribution >= 4 is 11.9 Å². The van der Waals surface area contributed by atoms with Crippen molar-refractivity contribution in [3.63, 3.8) is 0 Å². The van der Waals surface area contributed by atoms with Gasteiger partial charge < -0.3 is 29.2 Å². The van der Waals surface area contributed by atoms with Gasteiger partial charge in [-0.2, -0.15) is 0 Å². The smallest absolute Gasteiger partial charge is 0.326 e. The van der Waals surface area contributed by atoms with Crippen LogP contribution in [0.3, 0.4) is 0 Å². The van der Waals surface area contributed by atoms with Crippen LogP contribution in [0.1, 0.15) is 23.6 Å². The summed E-state index contributed by atoms with van der Waals surface area (Å²) in [6.07, 6.45) is -4.87. The number of ether oxygens (including phenoxy) is 4. The Morgan fingerprint density at radius 1 is 0.854 bits per heavy atom. The molecule has 3 aromatic rings.